The van der Waals surface area contributed by atoms with E-state index in [1.807, 2.05) is 54.6 Å². The number of ether oxygens (including phenoxy) is 4. The van der Waals surface area contributed by atoms with Crippen molar-refractivity contribution in [2.45, 2.75) is 6.61 Å². The van der Waals surface area contributed by atoms with Crippen molar-refractivity contribution < 1.29 is 23.7 Å². The molecule has 1 N–H and O–H groups in total. The van der Waals surface area contributed by atoms with Gasteiger partial charge in [0.15, 0.2) is 11.5 Å². The van der Waals surface area contributed by atoms with Crippen LogP contribution in [0.25, 0.3) is 6.08 Å². The highest BCUT2D eigenvalue weighted by Gasteiger charge is 2.14. The smallest absolute Gasteiger partial charge is 0.248 e. The zero-order chi connectivity index (χ0) is 22.1. The third-order valence-corrected chi connectivity index (χ3v) is 4.50. The Morgan fingerprint density at radius 2 is 1.48 bits per heavy atom. The topological polar surface area (TPSA) is 66.0 Å². The van der Waals surface area contributed by atoms with E-state index in [1.54, 1.807) is 18.2 Å². The summed E-state index contributed by atoms with van der Waals surface area (Å²) in [4.78, 5) is 12.5. The molecule has 0 aromatic heterocycles. The molecule has 0 aliphatic rings. The van der Waals surface area contributed by atoms with Crippen LogP contribution in [0.4, 0.5) is 5.69 Å². The van der Waals surface area contributed by atoms with Gasteiger partial charge in [-0.15, -0.1) is 0 Å². The molecule has 160 valence electrons. The molecule has 0 aliphatic carbocycles. The first-order valence-corrected chi connectivity index (χ1v) is 9.69. The summed E-state index contributed by atoms with van der Waals surface area (Å²) in [7, 11) is 4.57. The number of anilines is 1. The Balaban J connectivity index is 1.71. The van der Waals surface area contributed by atoms with Crippen molar-refractivity contribution in [1.82, 2.24) is 0 Å². The summed E-state index contributed by atoms with van der Waals surface area (Å²) in [6, 6.07) is 20.8. The summed E-state index contributed by atoms with van der Waals surface area (Å²) in [5, 5.41) is 2.81. The normalized spacial score (nSPS) is 10.5. The summed E-state index contributed by atoms with van der Waals surface area (Å²) in [5.74, 6) is 1.78. The Bertz CT molecular complexity index is 1020. The summed E-state index contributed by atoms with van der Waals surface area (Å²) in [6.07, 6.45) is 3.17. The lowest BCUT2D eigenvalue weighted by Crippen LogP contribution is -2.08. The standard InChI is InChI=1S/C25H25NO5/c1-28-22-15-20(16-23(29-2)25(22)30-3)26-24(27)14-13-19-11-7-8-12-21(19)31-17-18-9-5-4-6-10-18/h4-16H,17H2,1-3H3,(H,26,27)/b14-13+. The molecule has 0 aliphatic heterocycles. The maximum absolute atomic E-state index is 12.5. The number of nitrogens with one attached hydrogen (secondary N) is 1. The maximum atomic E-state index is 12.5. The average Bonchev–Trinajstić information content (AvgIpc) is 2.81. The van der Waals surface area contributed by atoms with Crippen molar-refractivity contribution in [2.24, 2.45) is 0 Å². The van der Waals surface area contributed by atoms with Crippen LogP contribution in [-0.2, 0) is 11.4 Å². The SMILES string of the molecule is COc1cc(NC(=O)/C=C/c2ccccc2OCc2ccccc2)cc(OC)c1OC. The number of hydrogen-bond acceptors (Lipinski definition) is 5. The van der Waals surface area contributed by atoms with Gasteiger partial charge in [0.05, 0.1) is 21.3 Å². The molecule has 0 saturated heterocycles. The molecule has 31 heavy (non-hydrogen) atoms. The van der Waals surface area contributed by atoms with Gasteiger partial charge in [-0.2, -0.15) is 0 Å². The van der Waals surface area contributed by atoms with Gasteiger partial charge in [-0.25, -0.2) is 0 Å². The number of benzene rings is 3. The fourth-order valence-electron chi connectivity index (χ4n) is 2.99. The fourth-order valence-corrected chi connectivity index (χ4v) is 2.99. The van der Waals surface area contributed by atoms with Crippen molar-refractivity contribution in [2.75, 3.05) is 26.6 Å². The van der Waals surface area contributed by atoms with Gasteiger partial charge in [-0.1, -0.05) is 48.5 Å². The van der Waals surface area contributed by atoms with Crippen molar-refractivity contribution in [3.8, 4) is 23.0 Å². The number of hydrogen-bond donors (Lipinski definition) is 1. The predicted octanol–water partition coefficient (Wildman–Crippen LogP) is 4.94. The molecule has 6 nitrogen and oxygen atoms in total. The van der Waals surface area contributed by atoms with Crippen LogP contribution in [0.5, 0.6) is 23.0 Å². The minimum atomic E-state index is -0.299. The van der Waals surface area contributed by atoms with E-state index in [9.17, 15) is 4.79 Å². The molecule has 3 aromatic rings. The average molecular weight is 419 g/mol. The Morgan fingerprint density at radius 3 is 2.13 bits per heavy atom. The minimum absolute atomic E-state index is 0.299. The molecule has 0 bridgehead atoms. The zero-order valence-electron chi connectivity index (χ0n) is 17.8. The molecule has 0 radical (unpaired) electrons. The van der Waals surface area contributed by atoms with Crippen LogP contribution >= 0.6 is 0 Å². The highest BCUT2D eigenvalue weighted by atomic mass is 16.5. The highest BCUT2D eigenvalue weighted by molar-refractivity contribution is 6.02. The van der Waals surface area contributed by atoms with E-state index >= 15 is 0 Å². The van der Waals surface area contributed by atoms with Crippen molar-refractivity contribution in [1.29, 1.82) is 0 Å². The van der Waals surface area contributed by atoms with Gasteiger partial charge in [0, 0.05) is 29.5 Å². The Labute approximate surface area is 182 Å². The van der Waals surface area contributed by atoms with E-state index in [-0.39, 0.29) is 5.91 Å². The molecule has 0 fully saturated rings. The van der Waals surface area contributed by atoms with Crippen LogP contribution in [-0.4, -0.2) is 27.2 Å². The van der Waals surface area contributed by atoms with E-state index < -0.39 is 0 Å². The first-order valence-electron chi connectivity index (χ1n) is 9.69. The lowest BCUT2D eigenvalue weighted by Gasteiger charge is -2.14. The van der Waals surface area contributed by atoms with Crippen LogP contribution in [0.1, 0.15) is 11.1 Å². The quantitative estimate of drug-likeness (QED) is 0.498. The van der Waals surface area contributed by atoms with Gasteiger partial charge >= 0.3 is 0 Å². The largest absolute Gasteiger partial charge is 0.493 e. The monoisotopic (exact) mass is 419 g/mol. The molecule has 6 heteroatoms. The fraction of sp³-hybridized carbons (Fsp3) is 0.160. The van der Waals surface area contributed by atoms with Gasteiger partial charge in [0.1, 0.15) is 12.4 Å². The van der Waals surface area contributed by atoms with E-state index in [1.165, 1.54) is 27.4 Å². The zero-order valence-corrected chi connectivity index (χ0v) is 17.8. The third-order valence-electron chi connectivity index (χ3n) is 4.50. The first-order chi connectivity index (χ1) is 15.1. The Hall–Kier alpha value is -3.93. The molecular weight excluding hydrogens is 394 g/mol. The van der Waals surface area contributed by atoms with Crippen LogP contribution in [0.2, 0.25) is 0 Å². The van der Waals surface area contributed by atoms with Crippen LogP contribution in [0.15, 0.2) is 72.8 Å². The molecule has 3 aromatic carbocycles. The Morgan fingerprint density at radius 1 is 0.839 bits per heavy atom. The van der Waals surface area contributed by atoms with Gasteiger partial charge in [-0.05, 0) is 17.7 Å². The molecule has 0 unspecified atom stereocenters. The number of methoxy groups -OCH3 is 3. The van der Waals surface area contributed by atoms with Crippen LogP contribution in [0, 0.1) is 0 Å². The molecule has 0 heterocycles. The molecule has 0 spiro atoms. The van der Waals surface area contributed by atoms with Gasteiger partial charge in [-0.3, -0.25) is 4.79 Å². The summed E-state index contributed by atoms with van der Waals surface area (Å²) in [5.41, 5.74) is 2.40. The number of rotatable bonds is 9. The third kappa shape index (κ3) is 5.79. The number of carbonyl (C=O) groups is 1. The number of amides is 1. The first kappa shape index (κ1) is 21.8. The predicted molar refractivity (Wildman–Crippen MR) is 121 cm³/mol. The number of para-hydroxylation sites is 1. The minimum Gasteiger partial charge on any atom is -0.493 e. The molecule has 3 rings (SSSR count). The van der Waals surface area contributed by atoms with E-state index in [2.05, 4.69) is 5.32 Å². The van der Waals surface area contributed by atoms with Crippen molar-refractivity contribution in [3.63, 3.8) is 0 Å². The summed E-state index contributed by atoms with van der Waals surface area (Å²) in [6.45, 7) is 0.448. The highest BCUT2D eigenvalue weighted by Crippen LogP contribution is 2.39. The lowest BCUT2D eigenvalue weighted by molar-refractivity contribution is -0.111. The second-order valence-corrected chi connectivity index (χ2v) is 6.55. The van der Waals surface area contributed by atoms with E-state index in [4.69, 9.17) is 18.9 Å². The summed E-state index contributed by atoms with van der Waals surface area (Å²) < 4.78 is 21.9. The summed E-state index contributed by atoms with van der Waals surface area (Å²) >= 11 is 0. The molecule has 0 saturated carbocycles. The van der Waals surface area contributed by atoms with Gasteiger partial charge < -0.3 is 24.3 Å². The van der Waals surface area contributed by atoms with Crippen molar-refractivity contribution in [3.05, 3.63) is 83.9 Å². The molecule has 1 amide bonds. The van der Waals surface area contributed by atoms with Gasteiger partial charge in [0.2, 0.25) is 11.7 Å². The molecular formula is C25H25NO5. The molecule has 0 atom stereocenters. The van der Waals surface area contributed by atoms with Gasteiger partial charge in [0.25, 0.3) is 0 Å². The second-order valence-electron chi connectivity index (χ2n) is 6.55. The van der Waals surface area contributed by atoms with Crippen LogP contribution < -0.4 is 24.3 Å². The van der Waals surface area contributed by atoms with E-state index in [0.717, 1.165) is 11.1 Å². The maximum Gasteiger partial charge on any atom is 0.248 e. The van der Waals surface area contributed by atoms with Crippen LogP contribution in [0.3, 0.4) is 0 Å². The number of carbonyl (C=O) groups excluding carboxylic acids is 1. The lowest BCUT2D eigenvalue weighted by atomic mass is 10.2. The van der Waals surface area contributed by atoms with E-state index in [0.29, 0.717) is 35.3 Å². The second kappa shape index (κ2) is 10.7. The Kier molecular flexibility index (Phi) is 7.54. The van der Waals surface area contributed by atoms with Crippen molar-refractivity contribution >= 4 is 17.7 Å².